The smallest absolute Gasteiger partial charge is 0.230 e. The van der Waals surface area contributed by atoms with Crippen molar-refractivity contribution in [2.24, 2.45) is 5.92 Å². The summed E-state index contributed by atoms with van der Waals surface area (Å²) in [5, 5.41) is 3.77. The van der Waals surface area contributed by atoms with E-state index < -0.39 is 0 Å². The molecular weight excluding hydrogens is 322 g/mol. The van der Waals surface area contributed by atoms with Crippen LogP contribution in [0.5, 0.6) is 0 Å². The highest BCUT2D eigenvalue weighted by Crippen LogP contribution is 2.25. The zero-order chi connectivity index (χ0) is 17.7. The maximum Gasteiger partial charge on any atom is 0.230 e. The Labute approximate surface area is 148 Å². The Balaban J connectivity index is 2.03. The molecule has 1 N–H and O–H groups in total. The van der Waals surface area contributed by atoms with Crippen LogP contribution in [0.3, 0.4) is 0 Å². The van der Waals surface area contributed by atoms with Gasteiger partial charge in [-0.3, -0.25) is 9.59 Å². The molecule has 0 bridgehead atoms. The topological polar surface area (TPSA) is 72.0 Å². The van der Waals surface area contributed by atoms with Gasteiger partial charge in [-0.15, -0.1) is 0 Å². The van der Waals surface area contributed by atoms with Crippen molar-refractivity contribution in [3.8, 4) is 0 Å². The molecule has 1 aliphatic rings. The summed E-state index contributed by atoms with van der Waals surface area (Å²) >= 11 is 1.33. The zero-order valence-corrected chi connectivity index (χ0v) is 15.8. The van der Waals surface area contributed by atoms with Crippen LogP contribution in [0.25, 0.3) is 0 Å². The second kappa shape index (κ2) is 8.60. The van der Waals surface area contributed by atoms with Crippen LogP contribution < -0.4 is 5.32 Å². The quantitative estimate of drug-likeness (QED) is 0.484. The van der Waals surface area contributed by atoms with Crippen LogP contribution in [-0.4, -0.2) is 33.5 Å². The van der Waals surface area contributed by atoms with Crippen molar-refractivity contribution in [3.63, 3.8) is 0 Å². The predicted molar refractivity (Wildman–Crippen MR) is 96.4 cm³/mol. The minimum Gasteiger partial charge on any atom is -0.352 e. The van der Waals surface area contributed by atoms with E-state index in [1.54, 1.807) is 0 Å². The first kappa shape index (κ1) is 18.9. The Hall–Kier alpha value is -1.43. The number of Topliss-reactive ketones (excluding diaryl/α,β-unsaturated/α-hetero) is 1. The number of thioether (sulfide) groups is 1. The second-order valence-electron chi connectivity index (χ2n) is 6.54. The van der Waals surface area contributed by atoms with Crippen LogP contribution in [0.15, 0.2) is 5.03 Å². The fourth-order valence-electron chi connectivity index (χ4n) is 3.18. The third kappa shape index (κ3) is 4.79. The molecule has 6 heteroatoms. The number of ketones is 1. The van der Waals surface area contributed by atoms with Crippen molar-refractivity contribution >= 4 is 23.5 Å². The van der Waals surface area contributed by atoms with Crippen LogP contribution in [0.1, 0.15) is 68.3 Å². The summed E-state index contributed by atoms with van der Waals surface area (Å²) in [6.07, 6.45) is 5.38. The van der Waals surface area contributed by atoms with Crippen molar-refractivity contribution in [3.05, 3.63) is 17.1 Å². The van der Waals surface area contributed by atoms with Gasteiger partial charge >= 0.3 is 0 Å². The molecule has 1 saturated carbocycles. The van der Waals surface area contributed by atoms with Gasteiger partial charge in [-0.25, -0.2) is 9.97 Å². The molecule has 0 unspecified atom stereocenters. The Morgan fingerprint density at radius 1 is 1.25 bits per heavy atom. The maximum atomic E-state index is 12.3. The van der Waals surface area contributed by atoms with E-state index in [2.05, 4.69) is 22.2 Å². The summed E-state index contributed by atoms with van der Waals surface area (Å²) in [4.78, 5) is 33.0. The second-order valence-corrected chi connectivity index (χ2v) is 7.50. The van der Waals surface area contributed by atoms with E-state index in [0.29, 0.717) is 34.4 Å². The first-order chi connectivity index (χ1) is 11.4. The van der Waals surface area contributed by atoms with E-state index in [9.17, 15) is 9.59 Å². The molecule has 0 aromatic carbocycles. The molecule has 132 valence electrons. The fraction of sp³-hybridized carbons (Fsp3) is 0.667. The van der Waals surface area contributed by atoms with Crippen molar-refractivity contribution in [1.29, 1.82) is 0 Å². The van der Waals surface area contributed by atoms with E-state index in [0.717, 1.165) is 6.42 Å². The number of aryl methyl sites for hydroxylation is 2. The van der Waals surface area contributed by atoms with Crippen LogP contribution >= 0.6 is 11.8 Å². The highest BCUT2D eigenvalue weighted by atomic mass is 32.2. The molecule has 1 aromatic heterocycles. The van der Waals surface area contributed by atoms with Gasteiger partial charge in [0.1, 0.15) is 10.9 Å². The summed E-state index contributed by atoms with van der Waals surface area (Å²) < 4.78 is 0. The number of nitrogens with zero attached hydrogens (tertiary/aromatic N) is 2. The number of amides is 1. The van der Waals surface area contributed by atoms with Gasteiger partial charge in [0.2, 0.25) is 5.91 Å². The number of carbonyl (C=O) groups excluding carboxylic acids is 2. The first-order valence-corrected chi connectivity index (χ1v) is 9.71. The Morgan fingerprint density at radius 2 is 1.96 bits per heavy atom. The molecule has 24 heavy (non-hydrogen) atoms. The summed E-state index contributed by atoms with van der Waals surface area (Å²) in [6.45, 7) is 7.52. The molecule has 0 radical (unpaired) electrons. The van der Waals surface area contributed by atoms with Crippen molar-refractivity contribution in [2.45, 2.75) is 70.9 Å². The van der Waals surface area contributed by atoms with Gasteiger partial charge in [0.25, 0.3) is 0 Å². The molecule has 0 spiro atoms. The van der Waals surface area contributed by atoms with E-state index in [-0.39, 0.29) is 23.5 Å². The summed E-state index contributed by atoms with van der Waals surface area (Å²) in [6, 6.07) is 0.275. The molecular formula is C18H27N3O2S. The monoisotopic (exact) mass is 349 g/mol. The fourth-order valence-corrected chi connectivity index (χ4v) is 4.14. The van der Waals surface area contributed by atoms with Gasteiger partial charge in [-0.05, 0) is 32.6 Å². The Bertz CT molecular complexity index is 619. The number of hydrogen-bond donors (Lipinski definition) is 1. The van der Waals surface area contributed by atoms with Gasteiger partial charge in [-0.1, -0.05) is 38.5 Å². The normalized spacial score (nSPS) is 20.7. The van der Waals surface area contributed by atoms with E-state index in [1.807, 2.05) is 13.8 Å². The molecule has 1 aromatic rings. The van der Waals surface area contributed by atoms with E-state index in [4.69, 9.17) is 0 Å². The third-order valence-electron chi connectivity index (χ3n) is 4.57. The molecule has 1 heterocycles. The molecule has 5 nitrogen and oxygen atoms in total. The van der Waals surface area contributed by atoms with Gasteiger partial charge < -0.3 is 5.32 Å². The molecule has 0 aliphatic heterocycles. The number of aromatic nitrogens is 2. The van der Waals surface area contributed by atoms with Crippen LogP contribution in [0.4, 0.5) is 0 Å². The molecule has 0 saturated heterocycles. The minimum absolute atomic E-state index is 0.0163. The largest absolute Gasteiger partial charge is 0.352 e. The predicted octanol–water partition coefficient (Wildman–Crippen LogP) is 3.34. The maximum absolute atomic E-state index is 12.3. The van der Waals surface area contributed by atoms with Gasteiger partial charge in [-0.2, -0.15) is 0 Å². The highest BCUT2D eigenvalue weighted by molar-refractivity contribution is 8.00. The lowest BCUT2D eigenvalue weighted by molar-refractivity contribution is -0.119. The van der Waals surface area contributed by atoms with Crippen LogP contribution in [0, 0.1) is 12.8 Å². The van der Waals surface area contributed by atoms with Crippen molar-refractivity contribution < 1.29 is 9.59 Å². The number of nitrogens with one attached hydrogen (secondary N) is 1. The molecule has 2 atom stereocenters. The SMILES string of the molecule is CCc1nc(C)c(C(C)=O)c(SCC(=O)N[C@H]2CCCC[C@H]2C)n1. The summed E-state index contributed by atoms with van der Waals surface area (Å²) in [5.74, 6) is 1.49. The van der Waals surface area contributed by atoms with Crippen molar-refractivity contribution in [1.82, 2.24) is 15.3 Å². The molecule has 1 aliphatic carbocycles. The lowest BCUT2D eigenvalue weighted by atomic mass is 9.86. The van der Waals surface area contributed by atoms with Gasteiger partial charge in [0.15, 0.2) is 5.78 Å². The minimum atomic E-state index is -0.0565. The average Bonchev–Trinajstić information content (AvgIpc) is 2.54. The Morgan fingerprint density at radius 3 is 2.58 bits per heavy atom. The molecule has 2 rings (SSSR count). The van der Waals surface area contributed by atoms with Crippen LogP contribution in [0.2, 0.25) is 0 Å². The number of hydrogen-bond acceptors (Lipinski definition) is 5. The first-order valence-electron chi connectivity index (χ1n) is 8.73. The highest BCUT2D eigenvalue weighted by Gasteiger charge is 2.23. The third-order valence-corrected chi connectivity index (χ3v) is 5.54. The number of rotatable bonds is 6. The van der Waals surface area contributed by atoms with Gasteiger partial charge in [0, 0.05) is 12.5 Å². The lowest BCUT2D eigenvalue weighted by Crippen LogP contribution is -2.41. The average molecular weight is 350 g/mol. The number of carbonyl (C=O) groups is 2. The lowest BCUT2D eigenvalue weighted by Gasteiger charge is -2.29. The molecule has 1 fully saturated rings. The van der Waals surface area contributed by atoms with Gasteiger partial charge in [0.05, 0.1) is 17.0 Å². The summed E-state index contributed by atoms with van der Waals surface area (Å²) in [7, 11) is 0. The summed E-state index contributed by atoms with van der Waals surface area (Å²) in [5.41, 5.74) is 1.23. The zero-order valence-electron chi connectivity index (χ0n) is 15.0. The standard InChI is InChI=1S/C18H27N3O2S/c1-5-15-19-12(3)17(13(4)22)18(21-15)24-10-16(23)20-14-9-7-6-8-11(14)2/h11,14H,5-10H2,1-4H3,(H,20,23)/t11-,14+/m1/s1. The van der Waals surface area contributed by atoms with Crippen LogP contribution in [-0.2, 0) is 11.2 Å². The van der Waals surface area contributed by atoms with Crippen molar-refractivity contribution in [2.75, 3.05) is 5.75 Å². The van der Waals surface area contributed by atoms with E-state index in [1.165, 1.54) is 37.9 Å². The Kier molecular flexibility index (Phi) is 6.78. The van der Waals surface area contributed by atoms with E-state index >= 15 is 0 Å². The molecule has 1 amide bonds.